The molecule has 0 radical (unpaired) electrons. The van der Waals surface area contributed by atoms with E-state index in [1.54, 1.807) is 4.68 Å². The number of hydrogen-bond donors (Lipinski definition) is 2. The van der Waals surface area contributed by atoms with Crippen molar-refractivity contribution in [1.82, 2.24) is 14.8 Å². The first kappa shape index (κ1) is 10.6. The predicted octanol–water partition coefficient (Wildman–Crippen LogP) is -0.117. The van der Waals surface area contributed by atoms with Crippen molar-refractivity contribution in [2.45, 2.75) is 26.3 Å². The molecule has 0 spiro atoms. The maximum atomic E-state index is 11.5. The Morgan fingerprint density at radius 1 is 1.69 bits per heavy atom. The van der Waals surface area contributed by atoms with Crippen molar-refractivity contribution in [2.24, 2.45) is 5.92 Å². The van der Waals surface area contributed by atoms with Gasteiger partial charge >= 0.3 is 5.97 Å². The molecule has 0 bridgehead atoms. The van der Waals surface area contributed by atoms with Crippen molar-refractivity contribution < 1.29 is 14.7 Å². The van der Waals surface area contributed by atoms with E-state index in [1.807, 2.05) is 6.92 Å². The van der Waals surface area contributed by atoms with E-state index in [4.69, 9.17) is 5.11 Å². The minimum absolute atomic E-state index is 0.188. The zero-order valence-electron chi connectivity index (χ0n) is 8.80. The van der Waals surface area contributed by atoms with Crippen molar-refractivity contribution in [1.29, 1.82) is 0 Å². The van der Waals surface area contributed by atoms with Crippen LogP contribution in [0.1, 0.15) is 19.2 Å². The summed E-state index contributed by atoms with van der Waals surface area (Å²) < 4.78 is 1.55. The molecule has 0 saturated carbocycles. The summed E-state index contributed by atoms with van der Waals surface area (Å²) in [5.74, 6) is -0.810. The van der Waals surface area contributed by atoms with E-state index in [9.17, 15) is 9.59 Å². The highest BCUT2D eigenvalue weighted by Crippen LogP contribution is 2.19. The average molecular weight is 224 g/mol. The molecule has 1 amide bonds. The molecule has 2 rings (SSSR count). The Morgan fingerprint density at radius 3 is 3.06 bits per heavy atom. The molecule has 2 N–H and O–H groups in total. The van der Waals surface area contributed by atoms with Crippen LogP contribution in [0.25, 0.3) is 0 Å². The maximum absolute atomic E-state index is 11.5. The summed E-state index contributed by atoms with van der Waals surface area (Å²) in [6, 6.07) is 0. The van der Waals surface area contributed by atoms with Crippen molar-refractivity contribution in [3.8, 4) is 0 Å². The fourth-order valence-corrected chi connectivity index (χ4v) is 1.63. The number of amides is 1. The van der Waals surface area contributed by atoms with Gasteiger partial charge in [-0.25, -0.2) is 4.68 Å². The summed E-state index contributed by atoms with van der Waals surface area (Å²) >= 11 is 0. The molecule has 0 aromatic carbocycles. The van der Waals surface area contributed by atoms with E-state index < -0.39 is 11.9 Å². The number of carboxylic acids is 1. The standard InChI is InChI=1S/C9H12N4O3/c1-2-6-10-9-11-8(16)5(3-7(14)15)4-13(9)12-6/h5H,2-4H2,1H3,(H,14,15)(H,10,11,12,16). The second-order valence-corrected chi connectivity index (χ2v) is 3.67. The van der Waals surface area contributed by atoms with Crippen molar-refractivity contribution in [2.75, 3.05) is 5.32 Å². The van der Waals surface area contributed by atoms with Crippen LogP contribution in [0.15, 0.2) is 0 Å². The lowest BCUT2D eigenvalue weighted by molar-refractivity contribution is -0.140. The van der Waals surface area contributed by atoms with Crippen molar-refractivity contribution in [3.63, 3.8) is 0 Å². The molecule has 1 atom stereocenters. The van der Waals surface area contributed by atoms with Gasteiger partial charge in [0.05, 0.1) is 18.9 Å². The number of aryl methyl sites for hydroxylation is 1. The first-order valence-electron chi connectivity index (χ1n) is 5.06. The quantitative estimate of drug-likeness (QED) is 0.746. The second-order valence-electron chi connectivity index (χ2n) is 3.67. The van der Waals surface area contributed by atoms with Gasteiger partial charge in [-0.1, -0.05) is 6.92 Å². The van der Waals surface area contributed by atoms with Gasteiger partial charge in [-0.15, -0.1) is 0 Å². The van der Waals surface area contributed by atoms with Gasteiger partial charge in [0.15, 0.2) is 5.82 Å². The highest BCUT2D eigenvalue weighted by atomic mass is 16.4. The summed E-state index contributed by atoms with van der Waals surface area (Å²) in [5.41, 5.74) is 0. The zero-order chi connectivity index (χ0) is 11.7. The largest absolute Gasteiger partial charge is 0.481 e. The molecule has 0 aliphatic carbocycles. The Kier molecular flexibility index (Phi) is 2.59. The third-order valence-corrected chi connectivity index (χ3v) is 2.45. The van der Waals surface area contributed by atoms with Gasteiger partial charge in [0.1, 0.15) is 0 Å². The van der Waals surface area contributed by atoms with Crippen LogP contribution in [0.4, 0.5) is 5.95 Å². The van der Waals surface area contributed by atoms with E-state index in [1.165, 1.54) is 0 Å². The van der Waals surface area contributed by atoms with Crippen LogP contribution in [0.5, 0.6) is 0 Å². The Balaban J connectivity index is 2.20. The van der Waals surface area contributed by atoms with Crippen LogP contribution in [-0.4, -0.2) is 31.7 Å². The Hall–Kier alpha value is -1.92. The summed E-state index contributed by atoms with van der Waals surface area (Å²) in [5, 5.41) is 15.4. The molecule has 1 aromatic rings. The van der Waals surface area contributed by atoms with Gasteiger partial charge in [0, 0.05) is 6.42 Å². The summed E-state index contributed by atoms with van der Waals surface area (Å²) in [6.07, 6.45) is 0.492. The number of anilines is 1. The van der Waals surface area contributed by atoms with Gasteiger partial charge < -0.3 is 5.11 Å². The maximum Gasteiger partial charge on any atom is 0.304 e. The van der Waals surface area contributed by atoms with Crippen LogP contribution in [0.2, 0.25) is 0 Å². The Morgan fingerprint density at radius 2 is 2.44 bits per heavy atom. The third kappa shape index (κ3) is 1.88. The van der Waals surface area contributed by atoms with E-state index in [2.05, 4.69) is 15.4 Å². The number of aromatic nitrogens is 3. The van der Waals surface area contributed by atoms with Crippen LogP contribution in [-0.2, 0) is 22.6 Å². The summed E-state index contributed by atoms with van der Waals surface area (Å²) in [6.45, 7) is 2.19. The minimum Gasteiger partial charge on any atom is -0.481 e. The van der Waals surface area contributed by atoms with Crippen LogP contribution >= 0.6 is 0 Å². The summed E-state index contributed by atoms with van der Waals surface area (Å²) in [4.78, 5) is 26.2. The third-order valence-electron chi connectivity index (χ3n) is 2.45. The molecule has 0 saturated heterocycles. The first-order chi connectivity index (χ1) is 7.60. The minimum atomic E-state index is -0.987. The van der Waals surface area contributed by atoms with E-state index in [0.29, 0.717) is 18.2 Å². The molecule has 0 fully saturated rings. The number of carboxylic acid groups (broad SMARTS) is 1. The summed E-state index contributed by atoms with van der Waals surface area (Å²) in [7, 11) is 0. The van der Waals surface area contributed by atoms with Crippen LogP contribution in [0.3, 0.4) is 0 Å². The lowest BCUT2D eigenvalue weighted by Gasteiger charge is -2.20. The smallest absolute Gasteiger partial charge is 0.304 e. The number of fused-ring (bicyclic) bond motifs is 1. The molecule has 7 heteroatoms. The number of rotatable bonds is 3. The van der Waals surface area contributed by atoms with Gasteiger partial charge in [0.25, 0.3) is 0 Å². The highest BCUT2D eigenvalue weighted by Gasteiger charge is 2.29. The molecular formula is C9H12N4O3. The second kappa shape index (κ2) is 3.92. The molecule has 1 aromatic heterocycles. The molecule has 2 heterocycles. The average Bonchev–Trinajstić information content (AvgIpc) is 2.59. The van der Waals surface area contributed by atoms with Crippen molar-refractivity contribution in [3.05, 3.63) is 5.82 Å². The van der Waals surface area contributed by atoms with E-state index in [0.717, 1.165) is 0 Å². The zero-order valence-corrected chi connectivity index (χ0v) is 8.80. The molecule has 7 nitrogen and oxygen atoms in total. The number of carbonyl (C=O) groups is 2. The SMILES string of the molecule is CCc1nc2n(n1)CC(CC(=O)O)C(=O)N2. The topological polar surface area (TPSA) is 97.1 Å². The number of nitrogens with zero attached hydrogens (tertiary/aromatic N) is 3. The van der Waals surface area contributed by atoms with Gasteiger partial charge in [-0.3, -0.25) is 14.9 Å². The number of nitrogens with one attached hydrogen (secondary N) is 1. The molecule has 1 unspecified atom stereocenters. The van der Waals surface area contributed by atoms with E-state index >= 15 is 0 Å². The van der Waals surface area contributed by atoms with Gasteiger partial charge in [-0.05, 0) is 0 Å². The fourth-order valence-electron chi connectivity index (χ4n) is 1.63. The number of aliphatic carboxylic acids is 1. The van der Waals surface area contributed by atoms with Crippen molar-refractivity contribution >= 4 is 17.8 Å². The molecule has 1 aliphatic rings. The Bertz CT molecular complexity index is 440. The van der Waals surface area contributed by atoms with Crippen LogP contribution < -0.4 is 5.32 Å². The fraction of sp³-hybridized carbons (Fsp3) is 0.556. The predicted molar refractivity (Wildman–Crippen MR) is 53.8 cm³/mol. The van der Waals surface area contributed by atoms with Crippen LogP contribution in [0, 0.1) is 5.92 Å². The highest BCUT2D eigenvalue weighted by molar-refractivity contribution is 5.94. The van der Waals surface area contributed by atoms with Gasteiger partial charge in [-0.2, -0.15) is 10.1 Å². The normalized spacial score (nSPS) is 19.1. The first-order valence-corrected chi connectivity index (χ1v) is 5.06. The van der Waals surface area contributed by atoms with E-state index in [-0.39, 0.29) is 18.9 Å². The number of hydrogen-bond acceptors (Lipinski definition) is 4. The lowest BCUT2D eigenvalue weighted by Crippen LogP contribution is -2.35. The molecule has 1 aliphatic heterocycles. The molecular weight excluding hydrogens is 212 g/mol. The Labute approximate surface area is 91.5 Å². The number of carbonyl (C=O) groups excluding carboxylic acids is 1. The molecule has 86 valence electrons. The monoisotopic (exact) mass is 224 g/mol. The molecule has 16 heavy (non-hydrogen) atoms. The van der Waals surface area contributed by atoms with Gasteiger partial charge in [0.2, 0.25) is 11.9 Å². The lowest BCUT2D eigenvalue weighted by atomic mass is 10.0.